The van der Waals surface area contributed by atoms with Crippen molar-refractivity contribution in [3.63, 3.8) is 0 Å². The highest BCUT2D eigenvalue weighted by molar-refractivity contribution is 5.83. The van der Waals surface area contributed by atoms with Crippen LogP contribution in [-0.4, -0.2) is 36.3 Å². The molecule has 194 valence electrons. The maximum atomic E-state index is 12.8. The van der Waals surface area contributed by atoms with Gasteiger partial charge in [-0.15, -0.1) is 0 Å². The number of hydrogen-bond acceptors (Lipinski definition) is 6. The number of methoxy groups -OCH3 is 1. The van der Waals surface area contributed by atoms with E-state index in [1.54, 1.807) is 57.4 Å². The number of carboxylic acids is 1. The lowest BCUT2D eigenvalue weighted by Gasteiger charge is -2.20. The third kappa shape index (κ3) is 8.10. The van der Waals surface area contributed by atoms with Crippen LogP contribution in [0.25, 0.3) is 0 Å². The molecule has 0 saturated heterocycles. The molecular weight excluding hydrogens is 474 g/mol. The number of carbonyl (C=O) groups is 3. The molecule has 2 atom stereocenters. The van der Waals surface area contributed by atoms with Crippen LogP contribution in [0.5, 0.6) is 11.5 Å². The molecule has 3 aromatic rings. The number of carbonyl (C=O) groups excluding carboxylic acids is 2. The third-order valence-corrected chi connectivity index (χ3v) is 5.80. The summed E-state index contributed by atoms with van der Waals surface area (Å²) in [7, 11) is 1.57. The zero-order chi connectivity index (χ0) is 26.8. The smallest absolute Gasteiger partial charge is 0.408 e. The molecule has 0 radical (unpaired) electrons. The molecule has 0 fully saturated rings. The molecule has 3 aromatic carbocycles. The minimum absolute atomic E-state index is 0.0786. The Morgan fingerprint density at radius 3 is 2.03 bits per heavy atom. The molecule has 2 N–H and O–H groups in total. The van der Waals surface area contributed by atoms with Gasteiger partial charge in [0, 0.05) is 0 Å². The SMILES string of the molecule is COc1ccc(CC(C(=O)O)c2ccc(OC(=O)[C@@H](NC(=O)OCc3ccccc3)C(C)C)cc2)cc1. The molecule has 37 heavy (non-hydrogen) atoms. The third-order valence-electron chi connectivity index (χ3n) is 5.80. The molecule has 0 spiro atoms. The lowest BCUT2D eigenvalue weighted by molar-refractivity contribution is -0.139. The van der Waals surface area contributed by atoms with Gasteiger partial charge in [-0.3, -0.25) is 4.79 Å². The Labute approximate surface area is 216 Å². The zero-order valence-electron chi connectivity index (χ0n) is 21.0. The first-order valence-electron chi connectivity index (χ1n) is 11.9. The van der Waals surface area contributed by atoms with Crippen molar-refractivity contribution in [3.8, 4) is 11.5 Å². The topological polar surface area (TPSA) is 111 Å². The second kappa shape index (κ2) is 13.1. The number of benzene rings is 3. The Morgan fingerprint density at radius 1 is 0.838 bits per heavy atom. The van der Waals surface area contributed by atoms with E-state index in [4.69, 9.17) is 14.2 Å². The fourth-order valence-corrected chi connectivity index (χ4v) is 3.68. The van der Waals surface area contributed by atoms with Crippen molar-refractivity contribution >= 4 is 18.0 Å². The van der Waals surface area contributed by atoms with Crippen LogP contribution in [0.2, 0.25) is 0 Å². The van der Waals surface area contributed by atoms with E-state index in [-0.39, 0.29) is 18.3 Å². The quantitative estimate of drug-likeness (QED) is 0.280. The van der Waals surface area contributed by atoms with Gasteiger partial charge in [-0.2, -0.15) is 0 Å². The summed E-state index contributed by atoms with van der Waals surface area (Å²) in [6.07, 6.45) is -0.430. The lowest BCUT2D eigenvalue weighted by Crippen LogP contribution is -2.46. The summed E-state index contributed by atoms with van der Waals surface area (Å²) < 4.78 is 15.8. The predicted molar refractivity (Wildman–Crippen MR) is 138 cm³/mol. The highest BCUT2D eigenvalue weighted by atomic mass is 16.6. The van der Waals surface area contributed by atoms with E-state index in [0.29, 0.717) is 17.7 Å². The van der Waals surface area contributed by atoms with E-state index in [1.807, 2.05) is 42.5 Å². The summed E-state index contributed by atoms with van der Waals surface area (Å²) in [6.45, 7) is 3.64. The van der Waals surface area contributed by atoms with Gasteiger partial charge in [-0.05, 0) is 53.3 Å². The first-order valence-corrected chi connectivity index (χ1v) is 11.9. The van der Waals surface area contributed by atoms with Gasteiger partial charge in [0.1, 0.15) is 24.1 Å². The van der Waals surface area contributed by atoms with E-state index in [1.165, 1.54) is 0 Å². The maximum Gasteiger partial charge on any atom is 0.408 e. The average Bonchev–Trinajstić information content (AvgIpc) is 2.90. The Bertz CT molecular complexity index is 1180. The van der Waals surface area contributed by atoms with Crippen molar-refractivity contribution in [2.45, 2.75) is 38.8 Å². The Hall–Kier alpha value is -4.33. The van der Waals surface area contributed by atoms with E-state index in [9.17, 15) is 19.5 Å². The largest absolute Gasteiger partial charge is 0.497 e. The molecule has 0 saturated carbocycles. The van der Waals surface area contributed by atoms with Crippen molar-refractivity contribution in [3.05, 3.63) is 95.6 Å². The minimum Gasteiger partial charge on any atom is -0.497 e. The summed E-state index contributed by atoms with van der Waals surface area (Å²) in [5.74, 6) is -1.70. The van der Waals surface area contributed by atoms with Crippen LogP contribution in [-0.2, 0) is 27.4 Å². The summed E-state index contributed by atoms with van der Waals surface area (Å²) in [6, 6.07) is 21.8. The molecule has 0 bridgehead atoms. The summed E-state index contributed by atoms with van der Waals surface area (Å²) >= 11 is 0. The molecule has 3 rings (SSSR count). The zero-order valence-corrected chi connectivity index (χ0v) is 21.0. The number of ether oxygens (including phenoxy) is 3. The number of amides is 1. The molecule has 0 aromatic heterocycles. The van der Waals surface area contributed by atoms with Crippen LogP contribution in [0.1, 0.15) is 36.5 Å². The summed E-state index contributed by atoms with van der Waals surface area (Å²) in [5, 5.41) is 12.3. The molecule has 0 aliphatic heterocycles. The average molecular weight is 506 g/mol. The van der Waals surface area contributed by atoms with E-state index in [2.05, 4.69) is 5.32 Å². The normalized spacial score (nSPS) is 12.3. The van der Waals surface area contributed by atoms with Gasteiger partial charge < -0.3 is 24.6 Å². The number of esters is 1. The lowest BCUT2D eigenvalue weighted by atomic mass is 9.92. The Balaban J connectivity index is 1.61. The van der Waals surface area contributed by atoms with Gasteiger partial charge in [0.05, 0.1) is 13.0 Å². The molecule has 0 aliphatic rings. The molecular formula is C29H31NO7. The molecule has 0 heterocycles. The first kappa shape index (κ1) is 27.3. The van der Waals surface area contributed by atoms with Gasteiger partial charge in [0.15, 0.2) is 0 Å². The van der Waals surface area contributed by atoms with Gasteiger partial charge >= 0.3 is 18.0 Å². The molecule has 8 heteroatoms. The van der Waals surface area contributed by atoms with Crippen molar-refractivity contribution in [2.75, 3.05) is 7.11 Å². The number of nitrogens with one attached hydrogen (secondary N) is 1. The maximum absolute atomic E-state index is 12.8. The molecule has 1 amide bonds. The minimum atomic E-state index is -0.960. The number of hydrogen-bond donors (Lipinski definition) is 2. The fraction of sp³-hybridized carbons (Fsp3) is 0.276. The van der Waals surface area contributed by atoms with Crippen molar-refractivity contribution in [2.24, 2.45) is 5.92 Å². The molecule has 1 unspecified atom stereocenters. The number of aliphatic carboxylic acids is 1. The summed E-state index contributed by atoms with van der Waals surface area (Å²) in [5.41, 5.74) is 2.26. The molecule has 8 nitrogen and oxygen atoms in total. The number of alkyl carbamates (subject to hydrolysis) is 1. The van der Waals surface area contributed by atoms with Gasteiger partial charge in [0.2, 0.25) is 0 Å². The van der Waals surface area contributed by atoms with Crippen LogP contribution in [0.3, 0.4) is 0 Å². The van der Waals surface area contributed by atoms with Crippen molar-refractivity contribution in [1.29, 1.82) is 0 Å². The van der Waals surface area contributed by atoms with Gasteiger partial charge in [0.25, 0.3) is 0 Å². The van der Waals surface area contributed by atoms with Crippen LogP contribution < -0.4 is 14.8 Å². The van der Waals surface area contributed by atoms with Crippen LogP contribution in [0, 0.1) is 5.92 Å². The first-order chi connectivity index (χ1) is 17.8. The van der Waals surface area contributed by atoms with Crippen LogP contribution in [0.4, 0.5) is 4.79 Å². The highest BCUT2D eigenvalue weighted by Crippen LogP contribution is 2.25. The molecule has 0 aliphatic carbocycles. The second-order valence-corrected chi connectivity index (χ2v) is 8.86. The van der Waals surface area contributed by atoms with Gasteiger partial charge in [-0.1, -0.05) is 68.4 Å². The second-order valence-electron chi connectivity index (χ2n) is 8.86. The number of carboxylic acid groups (broad SMARTS) is 1. The van der Waals surface area contributed by atoms with Crippen LogP contribution in [0.15, 0.2) is 78.9 Å². The van der Waals surface area contributed by atoms with Crippen molar-refractivity contribution < 1.29 is 33.7 Å². The van der Waals surface area contributed by atoms with Crippen LogP contribution >= 0.6 is 0 Å². The number of rotatable bonds is 11. The monoisotopic (exact) mass is 505 g/mol. The van der Waals surface area contributed by atoms with E-state index >= 15 is 0 Å². The van der Waals surface area contributed by atoms with E-state index in [0.717, 1.165) is 11.1 Å². The highest BCUT2D eigenvalue weighted by Gasteiger charge is 2.27. The fourth-order valence-electron chi connectivity index (χ4n) is 3.68. The van der Waals surface area contributed by atoms with Crippen molar-refractivity contribution in [1.82, 2.24) is 5.32 Å². The summed E-state index contributed by atoms with van der Waals surface area (Å²) in [4.78, 5) is 37.0. The standard InChI is InChI=1S/C29H31NO7/c1-19(2)26(30-29(34)36-18-21-7-5-4-6-8-21)28(33)37-24-15-11-22(12-16-24)25(27(31)32)17-20-9-13-23(35-3)14-10-20/h4-16,19,25-26H,17-18H2,1-3H3,(H,30,34)(H,31,32)/t25?,26-/m0/s1. The van der Waals surface area contributed by atoms with E-state index < -0.39 is 30.0 Å². The van der Waals surface area contributed by atoms with Gasteiger partial charge in [-0.25, -0.2) is 9.59 Å². The Kier molecular flexibility index (Phi) is 9.66. The Morgan fingerprint density at radius 2 is 1.46 bits per heavy atom. The predicted octanol–water partition coefficient (Wildman–Crippen LogP) is 4.96.